The van der Waals surface area contributed by atoms with E-state index >= 15 is 0 Å². The maximum Gasteiger partial charge on any atom is 0.239 e. The molecule has 1 unspecified atom stereocenters. The molecule has 1 aromatic rings. The predicted octanol–water partition coefficient (Wildman–Crippen LogP) is 1.49. The number of amides is 1. The summed E-state index contributed by atoms with van der Waals surface area (Å²) in [5.74, 6) is 0.209. The Morgan fingerprint density at radius 1 is 1.50 bits per heavy atom. The first-order chi connectivity index (χ1) is 8.68. The van der Waals surface area contributed by atoms with Crippen LogP contribution in [0.4, 0.5) is 0 Å². The standard InChI is InChI=1S/C14H21N3O/c1-11-6-5-7-15-13(11)10-16-12(2)14(18)17-8-3-4-9-17/h5-7,12,16H,3-4,8-10H2,1-2H3. The van der Waals surface area contributed by atoms with Gasteiger partial charge in [0.2, 0.25) is 5.91 Å². The number of carbonyl (C=O) groups excluding carboxylic acids is 1. The van der Waals surface area contributed by atoms with Crippen molar-refractivity contribution in [3.8, 4) is 0 Å². The fraction of sp³-hybridized carbons (Fsp3) is 0.571. The molecule has 0 aliphatic carbocycles. The van der Waals surface area contributed by atoms with Gasteiger partial charge in [-0.25, -0.2) is 0 Å². The van der Waals surface area contributed by atoms with Crippen molar-refractivity contribution in [2.75, 3.05) is 13.1 Å². The van der Waals surface area contributed by atoms with Crippen molar-refractivity contribution in [1.82, 2.24) is 15.2 Å². The quantitative estimate of drug-likeness (QED) is 0.877. The number of hydrogen-bond acceptors (Lipinski definition) is 3. The molecule has 1 fully saturated rings. The van der Waals surface area contributed by atoms with Gasteiger partial charge in [0, 0.05) is 25.8 Å². The molecule has 0 saturated carbocycles. The highest BCUT2D eigenvalue weighted by Gasteiger charge is 2.22. The van der Waals surface area contributed by atoms with Crippen molar-refractivity contribution in [3.63, 3.8) is 0 Å². The molecular formula is C14H21N3O. The summed E-state index contributed by atoms with van der Waals surface area (Å²) in [7, 11) is 0. The molecule has 0 radical (unpaired) electrons. The molecule has 1 N–H and O–H groups in total. The Bertz CT molecular complexity index is 413. The Labute approximate surface area is 108 Å². The predicted molar refractivity (Wildman–Crippen MR) is 71.1 cm³/mol. The molecule has 0 bridgehead atoms. The zero-order valence-electron chi connectivity index (χ0n) is 11.1. The van der Waals surface area contributed by atoms with E-state index in [2.05, 4.69) is 10.3 Å². The lowest BCUT2D eigenvalue weighted by molar-refractivity contribution is -0.131. The molecule has 4 nitrogen and oxygen atoms in total. The highest BCUT2D eigenvalue weighted by atomic mass is 16.2. The summed E-state index contributed by atoms with van der Waals surface area (Å²) in [5, 5.41) is 3.26. The monoisotopic (exact) mass is 247 g/mol. The molecule has 98 valence electrons. The van der Waals surface area contributed by atoms with Gasteiger partial charge in [0.05, 0.1) is 11.7 Å². The molecule has 1 aliphatic rings. The minimum absolute atomic E-state index is 0.135. The molecule has 1 aromatic heterocycles. The van der Waals surface area contributed by atoms with Crippen LogP contribution in [0.5, 0.6) is 0 Å². The molecule has 0 aromatic carbocycles. The molecule has 1 atom stereocenters. The Balaban J connectivity index is 1.86. The first kappa shape index (κ1) is 13.0. The second-order valence-electron chi connectivity index (χ2n) is 4.90. The number of nitrogens with one attached hydrogen (secondary N) is 1. The van der Waals surface area contributed by atoms with E-state index < -0.39 is 0 Å². The van der Waals surface area contributed by atoms with E-state index in [1.165, 1.54) is 0 Å². The van der Waals surface area contributed by atoms with E-state index in [0.29, 0.717) is 6.54 Å². The van der Waals surface area contributed by atoms with Crippen molar-refractivity contribution in [2.45, 2.75) is 39.3 Å². The Morgan fingerprint density at radius 2 is 2.22 bits per heavy atom. The van der Waals surface area contributed by atoms with Crippen LogP contribution in [0.25, 0.3) is 0 Å². The third-order valence-electron chi connectivity index (χ3n) is 3.48. The van der Waals surface area contributed by atoms with Crippen LogP contribution >= 0.6 is 0 Å². The molecule has 1 saturated heterocycles. The van der Waals surface area contributed by atoms with Gasteiger partial charge >= 0.3 is 0 Å². The second kappa shape index (κ2) is 5.96. The highest BCUT2D eigenvalue weighted by Crippen LogP contribution is 2.09. The van der Waals surface area contributed by atoms with E-state index in [9.17, 15) is 4.79 Å². The van der Waals surface area contributed by atoms with Crippen molar-refractivity contribution < 1.29 is 4.79 Å². The van der Waals surface area contributed by atoms with E-state index in [0.717, 1.165) is 37.2 Å². The van der Waals surface area contributed by atoms with Crippen LogP contribution < -0.4 is 5.32 Å². The highest BCUT2D eigenvalue weighted by molar-refractivity contribution is 5.81. The minimum atomic E-state index is -0.135. The summed E-state index contributed by atoms with van der Waals surface area (Å²) in [6.45, 7) is 6.43. The molecule has 4 heteroatoms. The molecule has 1 aliphatic heterocycles. The van der Waals surface area contributed by atoms with Crippen LogP contribution in [0.1, 0.15) is 31.0 Å². The second-order valence-corrected chi connectivity index (χ2v) is 4.90. The molecular weight excluding hydrogens is 226 g/mol. The zero-order valence-corrected chi connectivity index (χ0v) is 11.1. The smallest absolute Gasteiger partial charge is 0.239 e. The minimum Gasteiger partial charge on any atom is -0.341 e. The number of likely N-dealkylation sites (tertiary alicyclic amines) is 1. The Hall–Kier alpha value is -1.42. The van der Waals surface area contributed by atoms with Crippen LogP contribution in [-0.4, -0.2) is 34.9 Å². The number of hydrogen-bond donors (Lipinski definition) is 1. The Kier molecular flexibility index (Phi) is 4.31. The van der Waals surface area contributed by atoms with Crippen LogP contribution in [-0.2, 0) is 11.3 Å². The largest absolute Gasteiger partial charge is 0.341 e. The molecule has 2 heterocycles. The topological polar surface area (TPSA) is 45.2 Å². The third-order valence-corrected chi connectivity index (χ3v) is 3.48. The van der Waals surface area contributed by atoms with Crippen molar-refractivity contribution in [1.29, 1.82) is 0 Å². The lowest BCUT2D eigenvalue weighted by Gasteiger charge is -2.21. The molecule has 2 rings (SSSR count). The molecule has 0 spiro atoms. The summed E-state index contributed by atoms with van der Waals surface area (Å²) >= 11 is 0. The summed E-state index contributed by atoms with van der Waals surface area (Å²) in [6, 6.07) is 3.83. The number of carbonyl (C=O) groups is 1. The summed E-state index contributed by atoms with van der Waals surface area (Å²) in [4.78, 5) is 18.4. The average Bonchev–Trinajstić information content (AvgIpc) is 2.90. The van der Waals surface area contributed by atoms with Gasteiger partial charge < -0.3 is 10.2 Å². The average molecular weight is 247 g/mol. The first-order valence-corrected chi connectivity index (χ1v) is 6.61. The van der Waals surface area contributed by atoms with Gasteiger partial charge in [-0.05, 0) is 38.3 Å². The van der Waals surface area contributed by atoms with Gasteiger partial charge in [-0.2, -0.15) is 0 Å². The van der Waals surface area contributed by atoms with E-state index in [-0.39, 0.29) is 11.9 Å². The lowest BCUT2D eigenvalue weighted by atomic mass is 10.2. The maximum absolute atomic E-state index is 12.1. The van der Waals surface area contributed by atoms with E-state index in [1.807, 2.05) is 30.9 Å². The summed E-state index contributed by atoms with van der Waals surface area (Å²) < 4.78 is 0. The van der Waals surface area contributed by atoms with Gasteiger partial charge in [0.25, 0.3) is 0 Å². The third kappa shape index (κ3) is 3.07. The Morgan fingerprint density at radius 3 is 2.89 bits per heavy atom. The number of rotatable bonds is 4. The number of pyridine rings is 1. The van der Waals surface area contributed by atoms with Gasteiger partial charge in [-0.15, -0.1) is 0 Å². The van der Waals surface area contributed by atoms with Crippen molar-refractivity contribution in [2.24, 2.45) is 0 Å². The molecule has 18 heavy (non-hydrogen) atoms. The van der Waals surface area contributed by atoms with Gasteiger partial charge in [-0.3, -0.25) is 9.78 Å². The number of aryl methyl sites for hydroxylation is 1. The van der Waals surface area contributed by atoms with Crippen LogP contribution in [0.15, 0.2) is 18.3 Å². The summed E-state index contributed by atoms with van der Waals surface area (Å²) in [6.07, 6.45) is 4.06. The van der Waals surface area contributed by atoms with Gasteiger partial charge in [0.15, 0.2) is 0 Å². The fourth-order valence-electron chi connectivity index (χ4n) is 2.25. The van der Waals surface area contributed by atoms with E-state index in [4.69, 9.17) is 0 Å². The maximum atomic E-state index is 12.1. The van der Waals surface area contributed by atoms with E-state index in [1.54, 1.807) is 6.20 Å². The first-order valence-electron chi connectivity index (χ1n) is 6.61. The van der Waals surface area contributed by atoms with Crippen LogP contribution in [0, 0.1) is 6.92 Å². The lowest BCUT2D eigenvalue weighted by Crippen LogP contribution is -2.43. The fourth-order valence-corrected chi connectivity index (χ4v) is 2.25. The van der Waals surface area contributed by atoms with Crippen molar-refractivity contribution in [3.05, 3.63) is 29.6 Å². The number of aromatic nitrogens is 1. The van der Waals surface area contributed by atoms with Gasteiger partial charge in [0.1, 0.15) is 0 Å². The van der Waals surface area contributed by atoms with Crippen LogP contribution in [0.3, 0.4) is 0 Å². The SMILES string of the molecule is Cc1cccnc1CNC(C)C(=O)N1CCCC1. The summed E-state index contributed by atoms with van der Waals surface area (Å²) in [5.41, 5.74) is 2.17. The zero-order chi connectivity index (χ0) is 13.0. The van der Waals surface area contributed by atoms with Crippen molar-refractivity contribution >= 4 is 5.91 Å². The van der Waals surface area contributed by atoms with Crippen LogP contribution in [0.2, 0.25) is 0 Å². The normalized spacial score (nSPS) is 16.9. The number of nitrogens with zero attached hydrogens (tertiary/aromatic N) is 2. The molecule has 1 amide bonds. The van der Waals surface area contributed by atoms with Gasteiger partial charge in [-0.1, -0.05) is 6.07 Å².